The maximum absolute atomic E-state index is 13.2. The fourth-order valence-electron chi connectivity index (χ4n) is 4.22. The van der Waals surface area contributed by atoms with E-state index < -0.39 is 0 Å². The molecule has 156 valence electrons. The minimum Gasteiger partial charge on any atom is -0.497 e. The Hall–Kier alpha value is -3.25. The molecule has 0 N–H and O–H groups in total. The zero-order valence-corrected chi connectivity index (χ0v) is 18.3. The van der Waals surface area contributed by atoms with Gasteiger partial charge in [-0.05, 0) is 61.4 Å². The lowest BCUT2D eigenvalue weighted by atomic mass is 10.1. The number of ether oxygens (including phenoxy) is 1. The summed E-state index contributed by atoms with van der Waals surface area (Å²) in [7, 11) is 1.66. The second-order valence-electron chi connectivity index (χ2n) is 7.65. The van der Waals surface area contributed by atoms with Gasteiger partial charge in [0.05, 0.1) is 23.9 Å². The average Bonchev–Trinajstić information content (AvgIpc) is 3.34. The number of imidazole rings is 1. The molecule has 2 heterocycles. The quantitative estimate of drug-likeness (QED) is 0.414. The number of thioether (sulfide) groups is 1. The molecule has 0 saturated heterocycles. The van der Waals surface area contributed by atoms with Crippen molar-refractivity contribution in [1.29, 1.82) is 0 Å². The van der Waals surface area contributed by atoms with Crippen LogP contribution in [0.3, 0.4) is 0 Å². The number of methoxy groups -OCH3 is 1. The minimum atomic E-state index is 0.107. The van der Waals surface area contributed by atoms with Gasteiger partial charge in [0.1, 0.15) is 5.75 Å². The summed E-state index contributed by atoms with van der Waals surface area (Å²) < 4.78 is 7.40. The predicted molar refractivity (Wildman–Crippen MR) is 125 cm³/mol. The Balaban J connectivity index is 1.45. The first-order valence-electron chi connectivity index (χ1n) is 10.3. The van der Waals surface area contributed by atoms with Crippen molar-refractivity contribution >= 4 is 34.4 Å². The molecule has 0 radical (unpaired) electrons. The molecule has 1 atom stereocenters. The number of para-hydroxylation sites is 3. The zero-order valence-electron chi connectivity index (χ0n) is 17.5. The predicted octanol–water partition coefficient (Wildman–Crippen LogP) is 5.10. The smallest absolute Gasteiger partial charge is 0.237 e. The van der Waals surface area contributed by atoms with Crippen LogP contribution in [0, 0.1) is 0 Å². The molecule has 0 aliphatic carbocycles. The van der Waals surface area contributed by atoms with E-state index in [-0.39, 0.29) is 11.9 Å². The summed E-state index contributed by atoms with van der Waals surface area (Å²) in [5, 5.41) is 0.805. The van der Waals surface area contributed by atoms with Crippen LogP contribution in [0.25, 0.3) is 16.7 Å². The van der Waals surface area contributed by atoms with Crippen LogP contribution < -0.4 is 9.64 Å². The fourth-order valence-corrected chi connectivity index (χ4v) is 5.11. The van der Waals surface area contributed by atoms with Crippen LogP contribution in [-0.2, 0) is 11.2 Å². The summed E-state index contributed by atoms with van der Waals surface area (Å²) in [6.45, 7) is 2.11. The summed E-state index contributed by atoms with van der Waals surface area (Å²) in [4.78, 5) is 19.9. The topological polar surface area (TPSA) is 47.4 Å². The first-order chi connectivity index (χ1) is 15.2. The van der Waals surface area contributed by atoms with Crippen LogP contribution in [0.4, 0.5) is 5.69 Å². The third-order valence-corrected chi connectivity index (χ3v) is 6.58. The molecule has 5 rings (SSSR count). The molecule has 1 aliphatic heterocycles. The lowest BCUT2D eigenvalue weighted by Gasteiger charge is -2.22. The van der Waals surface area contributed by atoms with Gasteiger partial charge in [-0.25, -0.2) is 4.98 Å². The van der Waals surface area contributed by atoms with Gasteiger partial charge in [-0.3, -0.25) is 9.36 Å². The van der Waals surface area contributed by atoms with Gasteiger partial charge in [-0.2, -0.15) is 0 Å². The Bertz CT molecular complexity index is 1250. The number of fused-ring (bicyclic) bond motifs is 2. The fraction of sp³-hybridized carbons (Fsp3) is 0.200. The molecule has 1 amide bonds. The molecule has 1 unspecified atom stereocenters. The van der Waals surface area contributed by atoms with Crippen LogP contribution in [0.15, 0.2) is 78.0 Å². The second kappa shape index (κ2) is 8.12. The van der Waals surface area contributed by atoms with Gasteiger partial charge in [-0.1, -0.05) is 42.1 Å². The van der Waals surface area contributed by atoms with Crippen molar-refractivity contribution in [2.24, 2.45) is 0 Å². The van der Waals surface area contributed by atoms with E-state index in [2.05, 4.69) is 23.6 Å². The van der Waals surface area contributed by atoms with Crippen molar-refractivity contribution in [3.05, 3.63) is 78.4 Å². The van der Waals surface area contributed by atoms with Crippen LogP contribution >= 0.6 is 11.8 Å². The van der Waals surface area contributed by atoms with E-state index in [1.807, 2.05) is 65.6 Å². The number of rotatable bonds is 5. The average molecular weight is 430 g/mol. The van der Waals surface area contributed by atoms with Crippen molar-refractivity contribution in [1.82, 2.24) is 9.55 Å². The molecule has 0 spiro atoms. The number of benzene rings is 3. The van der Waals surface area contributed by atoms with Gasteiger partial charge < -0.3 is 9.64 Å². The minimum absolute atomic E-state index is 0.107. The van der Waals surface area contributed by atoms with Gasteiger partial charge in [0.25, 0.3) is 0 Å². The van der Waals surface area contributed by atoms with Gasteiger partial charge in [0.15, 0.2) is 5.16 Å². The largest absolute Gasteiger partial charge is 0.497 e. The van der Waals surface area contributed by atoms with Crippen molar-refractivity contribution in [3.63, 3.8) is 0 Å². The summed E-state index contributed by atoms with van der Waals surface area (Å²) in [5.74, 6) is 1.24. The molecule has 3 aromatic carbocycles. The summed E-state index contributed by atoms with van der Waals surface area (Å²) in [6, 6.07) is 24.3. The standard InChI is InChI=1S/C25H23N3O2S/c1-17-15-18-7-3-5-9-22(18)27(17)24(29)16-31-25-26-21-8-4-6-10-23(21)28(25)19-11-13-20(30-2)14-12-19/h3-14,17H,15-16H2,1-2H3. The highest BCUT2D eigenvalue weighted by atomic mass is 32.2. The van der Waals surface area contributed by atoms with E-state index in [4.69, 9.17) is 9.72 Å². The van der Waals surface area contributed by atoms with Gasteiger partial charge in [0.2, 0.25) is 5.91 Å². The molecule has 0 fully saturated rings. The van der Waals surface area contributed by atoms with Crippen LogP contribution in [0.1, 0.15) is 12.5 Å². The third-order valence-electron chi connectivity index (χ3n) is 5.66. The highest BCUT2D eigenvalue weighted by molar-refractivity contribution is 7.99. The molecule has 6 heteroatoms. The lowest BCUT2D eigenvalue weighted by Crippen LogP contribution is -2.37. The number of carbonyl (C=O) groups is 1. The summed E-state index contributed by atoms with van der Waals surface area (Å²) in [6.07, 6.45) is 0.900. The molecular weight excluding hydrogens is 406 g/mol. The Morgan fingerprint density at radius 1 is 1.06 bits per heavy atom. The van der Waals surface area contributed by atoms with Crippen LogP contribution in [0.2, 0.25) is 0 Å². The Morgan fingerprint density at radius 2 is 1.81 bits per heavy atom. The first-order valence-corrected chi connectivity index (χ1v) is 11.3. The highest BCUT2D eigenvalue weighted by Gasteiger charge is 2.30. The lowest BCUT2D eigenvalue weighted by molar-refractivity contribution is -0.116. The number of amides is 1. The van der Waals surface area contributed by atoms with E-state index in [1.54, 1.807) is 7.11 Å². The SMILES string of the molecule is COc1ccc(-n2c(SCC(=O)N3c4ccccc4CC3C)nc3ccccc32)cc1. The summed E-state index contributed by atoms with van der Waals surface area (Å²) in [5.41, 5.74) is 5.18. The van der Waals surface area contributed by atoms with Crippen molar-refractivity contribution in [2.75, 3.05) is 17.8 Å². The van der Waals surface area contributed by atoms with Crippen molar-refractivity contribution < 1.29 is 9.53 Å². The molecule has 31 heavy (non-hydrogen) atoms. The van der Waals surface area contributed by atoms with Gasteiger partial charge in [0, 0.05) is 17.4 Å². The molecule has 0 saturated carbocycles. The molecule has 0 bridgehead atoms. The number of hydrogen-bond acceptors (Lipinski definition) is 4. The van der Waals surface area contributed by atoms with Crippen molar-refractivity contribution in [2.45, 2.75) is 24.5 Å². The van der Waals surface area contributed by atoms with Gasteiger partial charge in [-0.15, -0.1) is 0 Å². The number of nitrogens with zero attached hydrogens (tertiary/aromatic N) is 3. The molecular formula is C25H23N3O2S. The monoisotopic (exact) mass is 429 g/mol. The Labute approximate surface area is 185 Å². The Morgan fingerprint density at radius 3 is 2.61 bits per heavy atom. The van der Waals surface area contributed by atoms with E-state index >= 15 is 0 Å². The Kier molecular flexibility index (Phi) is 5.16. The maximum Gasteiger partial charge on any atom is 0.237 e. The van der Waals surface area contributed by atoms with E-state index in [9.17, 15) is 4.79 Å². The molecule has 5 nitrogen and oxygen atoms in total. The summed E-state index contributed by atoms with van der Waals surface area (Å²) >= 11 is 1.48. The second-order valence-corrected chi connectivity index (χ2v) is 8.59. The van der Waals surface area contributed by atoms with E-state index in [0.29, 0.717) is 5.75 Å². The van der Waals surface area contributed by atoms with Gasteiger partial charge >= 0.3 is 0 Å². The maximum atomic E-state index is 13.2. The number of anilines is 1. The zero-order chi connectivity index (χ0) is 21.4. The van der Waals surface area contributed by atoms with E-state index in [0.717, 1.165) is 39.7 Å². The molecule has 4 aromatic rings. The van der Waals surface area contributed by atoms with Crippen LogP contribution in [0.5, 0.6) is 5.75 Å². The van der Waals surface area contributed by atoms with Crippen molar-refractivity contribution in [3.8, 4) is 11.4 Å². The number of aromatic nitrogens is 2. The first kappa shape index (κ1) is 19.7. The number of hydrogen-bond donors (Lipinski definition) is 0. The molecule has 1 aromatic heterocycles. The number of carbonyl (C=O) groups excluding carboxylic acids is 1. The highest BCUT2D eigenvalue weighted by Crippen LogP contribution is 2.34. The normalized spacial score (nSPS) is 15.3. The van der Waals surface area contributed by atoms with E-state index in [1.165, 1.54) is 17.3 Å². The third kappa shape index (κ3) is 3.57. The van der Waals surface area contributed by atoms with Crippen LogP contribution in [-0.4, -0.2) is 34.4 Å². The molecule has 1 aliphatic rings.